The minimum absolute atomic E-state index is 0.0152. The molecule has 10 heteroatoms. The number of nitrogens with two attached hydrogens (primary N) is 2. The number of rotatable bonds is 2. The normalized spacial score (nSPS) is 29.3. The Morgan fingerprint density at radius 1 is 1.29 bits per heavy atom. The van der Waals surface area contributed by atoms with Crippen LogP contribution in [-0.4, -0.2) is 54.8 Å². The van der Waals surface area contributed by atoms with Gasteiger partial charge in [-0.3, -0.25) is 0 Å². The van der Waals surface area contributed by atoms with Gasteiger partial charge in [0.2, 0.25) is 5.95 Å². The first-order chi connectivity index (χ1) is 9.93. The molecule has 21 heavy (non-hydrogen) atoms. The van der Waals surface area contributed by atoms with Crippen LogP contribution in [-0.2, 0) is 4.74 Å². The SMILES string of the molecule is Nc1nc(N)c2c(Br)cn([C@@H]3O[C@H](CO)[C@@H](O)[C@H]3O)c2n1. The van der Waals surface area contributed by atoms with Crippen molar-refractivity contribution in [1.82, 2.24) is 14.5 Å². The fourth-order valence-corrected chi connectivity index (χ4v) is 3.05. The molecular weight excluding hydrogens is 346 g/mol. The van der Waals surface area contributed by atoms with Gasteiger partial charge in [0, 0.05) is 10.7 Å². The second-order valence-corrected chi connectivity index (χ2v) is 5.63. The highest BCUT2D eigenvalue weighted by Crippen LogP contribution is 2.36. The Bertz CT molecular complexity index is 693. The fraction of sp³-hybridized carbons (Fsp3) is 0.455. The summed E-state index contributed by atoms with van der Waals surface area (Å²) in [6, 6.07) is 0. The molecule has 0 bridgehead atoms. The lowest BCUT2D eigenvalue weighted by atomic mass is 10.1. The molecule has 1 aliphatic heterocycles. The molecule has 3 rings (SSSR count). The molecule has 1 saturated heterocycles. The molecular formula is C11H14BrN5O4. The number of hydrogen-bond acceptors (Lipinski definition) is 8. The zero-order valence-electron chi connectivity index (χ0n) is 10.7. The van der Waals surface area contributed by atoms with Gasteiger partial charge in [-0.05, 0) is 15.9 Å². The fourth-order valence-electron chi connectivity index (χ4n) is 2.45. The molecule has 0 aliphatic carbocycles. The number of hydrogen-bond donors (Lipinski definition) is 5. The van der Waals surface area contributed by atoms with E-state index in [2.05, 4.69) is 25.9 Å². The maximum atomic E-state index is 10.1. The third-order valence-corrected chi connectivity index (χ3v) is 4.06. The van der Waals surface area contributed by atoms with Crippen molar-refractivity contribution < 1.29 is 20.1 Å². The Morgan fingerprint density at radius 3 is 2.62 bits per heavy atom. The van der Waals surface area contributed by atoms with E-state index in [1.165, 1.54) is 4.57 Å². The van der Waals surface area contributed by atoms with E-state index in [0.29, 0.717) is 15.5 Å². The van der Waals surface area contributed by atoms with E-state index < -0.39 is 31.1 Å². The first-order valence-corrected chi connectivity index (χ1v) is 6.94. The van der Waals surface area contributed by atoms with E-state index in [-0.39, 0.29) is 11.8 Å². The van der Waals surface area contributed by atoms with Gasteiger partial charge in [0.05, 0.1) is 12.0 Å². The molecule has 0 spiro atoms. The minimum Gasteiger partial charge on any atom is -0.394 e. The van der Waals surface area contributed by atoms with Crippen molar-refractivity contribution in [2.75, 3.05) is 18.1 Å². The molecule has 4 atom stereocenters. The van der Waals surface area contributed by atoms with Gasteiger partial charge in [0.25, 0.3) is 0 Å². The Labute approximate surface area is 127 Å². The standard InChI is InChI=1S/C11H14BrN5O4/c12-3-1-17(9-5(3)8(13)15-11(14)16-9)10-7(20)6(19)4(2-18)21-10/h1,4,6-7,10,18-20H,2H2,(H4,13,14,15,16)/t4-,6-,7-,10-/m1/s1. The molecule has 0 saturated carbocycles. The van der Waals surface area contributed by atoms with Crippen LogP contribution in [0.1, 0.15) is 6.23 Å². The minimum atomic E-state index is -1.22. The van der Waals surface area contributed by atoms with Gasteiger partial charge < -0.3 is 36.1 Å². The molecule has 7 N–H and O–H groups in total. The number of aliphatic hydroxyl groups excluding tert-OH is 3. The number of halogens is 1. The van der Waals surface area contributed by atoms with Gasteiger partial charge in [-0.1, -0.05) is 0 Å². The molecule has 0 radical (unpaired) electrons. The van der Waals surface area contributed by atoms with Crippen molar-refractivity contribution in [3.8, 4) is 0 Å². The highest BCUT2D eigenvalue weighted by molar-refractivity contribution is 9.10. The second-order valence-electron chi connectivity index (χ2n) is 4.78. The summed E-state index contributed by atoms with van der Waals surface area (Å²) >= 11 is 3.34. The molecule has 9 nitrogen and oxygen atoms in total. The average Bonchev–Trinajstić information content (AvgIpc) is 2.89. The summed E-state index contributed by atoms with van der Waals surface area (Å²) in [6.45, 7) is -0.408. The zero-order valence-corrected chi connectivity index (χ0v) is 12.3. The Morgan fingerprint density at radius 2 is 2.00 bits per heavy atom. The third-order valence-electron chi connectivity index (χ3n) is 3.46. The summed E-state index contributed by atoms with van der Waals surface area (Å²) in [5, 5.41) is 29.6. The van der Waals surface area contributed by atoms with E-state index in [4.69, 9.17) is 21.3 Å². The maximum absolute atomic E-state index is 10.1. The van der Waals surface area contributed by atoms with Crippen molar-refractivity contribution in [2.24, 2.45) is 0 Å². The summed E-state index contributed by atoms with van der Waals surface area (Å²) in [5.41, 5.74) is 11.8. The van der Waals surface area contributed by atoms with Gasteiger partial charge in [0.1, 0.15) is 24.1 Å². The summed E-state index contributed by atoms with van der Waals surface area (Å²) < 4.78 is 7.57. The first-order valence-electron chi connectivity index (χ1n) is 6.15. The highest BCUT2D eigenvalue weighted by Gasteiger charge is 2.44. The van der Waals surface area contributed by atoms with Crippen LogP contribution in [0.2, 0.25) is 0 Å². The van der Waals surface area contributed by atoms with Gasteiger partial charge in [-0.25, -0.2) is 0 Å². The van der Waals surface area contributed by atoms with Gasteiger partial charge in [-0.15, -0.1) is 0 Å². The summed E-state index contributed by atoms with van der Waals surface area (Å²) in [7, 11) is 0. The van der Waals surface area contributed by atoms with E-state index >= 15 is 0 Å². The van der Waals surface area contributed by atoms with Crippen molar-refractivity contribution in [1.29, 1.82) is 0 Å². The molecule has 0 amide bonds. The number of nitrogens with zero attached hydrogens (tertiary/aromatic N) is 3. The van der Waals surface area contributed by atoms with Crippen LogP contribution >= 0.6 is 15.9 Å². The van der Waals surface area contributed by atoms with Gasteiger partial charge in [0.15, 0.2) is 11.9 Å². The number of aromatic nitrogens is 3. The number of aliphatic hydroxyl groups is 3. The molecule has 2 aromatic heterocycles. The van der Waals surface area contributed by atoms with Crippen molar-refractivity contribution >= 4 is 38.7 Å². The number of ether oxygens (including phenoxy) is 1. The first kappa shape index (κ1) is 14.5. The molecule has 0 unspecified atom stereocenters. The molecule has 2 aromatic rings. The largest absolute Gasteiger partial charge is 0.394 e. The average molecular weight is 360 g/mol. The quantitative estimate of drug-likeness (QED) is 0.456. The van der Waals surface area contributed by atoms with Crippen molar-refractivity contribution in [3.63, 3.8) is 0 Å². The van der Waals surface area contributed by atoms with Crippen LogP contribution < -0.4 is 11.5 Å². The van der Waals surface area contributed by atoms with Crippen LogP contribution in [0, 0.1) is 0 Å². The molecule has 3 heterocycles. The predicted molar refractivity (Wildman–Crippen MR) is 77.1 cm³/mol. The molecule has 1 fully saturated rings. The Balaban J connectivity index is 2.13. The Kier molecular flexibility index (Phi) is 3.50. The summed E-state index contributed by atoms with van der Waals surface area (Å²) in [4.78, 5) is 7.97. The molecule has 114 valence electrons. The maximum Gasteiger partial charge on any atom is 0.223 e. The van der Waals surface area contributed by atoms with Crippen LogP contribution in [0.3, 0.4) is 0 Å². The summed E-state index contributed by atoms with van der Waals surface area (Å²) in [6.07, 6.45) is -2.61. The number of anilines is 2. The van der Waals surface area contributed by atoms with Gasteiger partial charge in [-0.2, -0.15) is 9.97 Å². The molecule has 0 aromatic carbocycles. The lowest BCUT2D eigenvalue weighted by molar-refractivity contribution is -0.0509. The Hall–Kier alpha value is -1.46. The highest BCUT2D eigenvalue weighted by atomic mass is 79.9. The van der Waals surface area contributed by atoms with Crippen LogP contribution in [0.25, 0.3) is 11.0 Å². The smallest absolute Gasteiger partial charge is 0.223 e. The zero-order chi connectivity index (χ0) is 15.3. The van der Waals surface area contributed by atoms with E-state index in [1.807, 2.05) is 0 Å². The topological polar surface area (TPSA) is 153 Å². The summed E-state index contributed by atoms with van der Waals surface area (Å²) in [5.74, 6) is 0.175. The lowest BCUT2D eigenvalue weighted by Gasteiger charge is -2.17. The lowest BCUT2D eigenvalue weighted by Crippen LogP contribution is -2.33. The predicted octanol–water partition coefficient (Wildman–Crippen LogP) is -1.03. The van der Waals surface area contributed by atoms with Gasteiger partial charge >= 0.3 is 0 Å². The van der Waals surface area contributed by atoms with Crippen LogP contribution in [0.4, 0.5) is 11.8 Å². The third kappa shape index (κ3) is 2.15. The monoisotopic (exact) mass is 359 g/mol. The molecule has 1 aliphatic rings. The van der Waals surface area contributed by atoms with Crippen molar-refractivity contribution in [3.05, 3.63) is 10.7 Å². The van der Waals surface area contributed by atoms with Crippen LogP contribution in [0.5, 0.6) is 0 Å². The van der Waals surface area contributed by atoms with E-state index in [0.717, 1.165) is 0 Å². The van der Waals surface area contributed by atoms with E-state index in [1.54, 1.807) is 6.20 Å². The number of fused-ring (bicyclic) bond motifs is 1. The number of nitrogen functional groups attached to an aromatic ring is 2. The van der Waals surface area contributed by atoms with Crippen molar-refractivity contribution in [2.45, 2.75) is 24.5 Å². The second kappa shape index (κ2) is 5.07. The van der Waals surface area contributed by atoms with E-state index in [9.17, 15) is 10.2 Å². The van der Waals surface area contributed by atoms with Crippen LogP contribution in [0.15, 0.2) is 10.7 Å².